The van der Waals surface area contributed by atoms with E-state index in [4.69, 9.17) is 0 Å². The van der Waals surface area contributed by atoms with Crippen LogP contribution in [0.25, 0.3) is 0 Å². The number of hydrogen-bond donors (Lipinski definition) is 1. The summed E-state index contributed by atoms with van der Waals surface area (Å²) in [4.78, 5) is 0. The van der Waals surface area contributed by atoms with E-state index in [0.29, 0.717) is 19.0 Å². The Balaban J connectivity index is 2.18. The van der Waals surface area contributed by atoms with Gasteiger partial charge in [-0.05, 0) is 25.8 Å². The second kappa shape index (κ2) is 5.63. The fraction of sp³-hybridized carbons (Fsp3) is 0.800. The zero-order valence-electron chi connectivity index (χ0n) is 9.28. The van der Waals surface area contributed by atoms with Crippen LogP contribution in [-0.2, 0) is 10.0 Å². The molecule has 1 saturated carbocycles. The number of likely N-dealkylation sites (N-methyl/N-ethyl adjacent to an activating group) is 1. The van der Waals surface area contributed by atoms with Crippen LogP contribution in [0.4, 0.5) is 0 Å². The first-order valence-electron chi connectivity index (χ1n) is 5.34. The van der Waals surface area contributed by atoms with Crippen molar-refractivity contribution in [3.63, 3.8) is 0 Å². The van der Waals surface area contributed by atoms with Crippen LogP contribution in [0.15, 0.2) is 12.7 Å². The third kappa shape index (κ3) is 4.77. The first kappa shape index (κ1) is 12.7. The van der Waals surface area contributed by atoms with Crippen molar-refractivity contribution in [2.24, 2.45) is 0 Å². The second-order valence-electron chi connectivity index (χ2n) is 3.97. The summed E-state index contributed by atoms with van der Waals surface area (Å²) in [6.07, 6.45) is 4.76. The summed E-state index contributed by atoms with van der Waals surface area (Å²) in [5.41, 5.74) is 0. The maximum Gasteiger partial charge on any atom is 0.214 e. The highest BCUT2D eigenvalue weighted by molar-refractivity contribution is 7.89. The number of rotatable bonds is 8. The molecule has 88 valence electrons. The summed E-state index contributed by atoms with van der Waals surface area (Å²) in [7, 11) is -1.49. The maximum absolute atomic E-state index is 11.6. The lowest BCUT2D eigenvalue weighted by atomic mass is 10.5. The summed E-state index contributed by atoms with van der Waals surface area (Å²) in [5, 5.41) is 3.30. The van der Waals surface area contributed by atoms with Crippen LogP contribution in [0.3, 0.4) is 0 Å². The molecule has 0 amide bonds. The van der Waals surface area contributed by atoms with Crippen LogP contribution in [0.1, 0.15) is 19.3 Å². The number of nitrogens with zero attached hydrogens (tertiary/aromatic N) is 1. The van der Waals surface area contributed by atoms with Crippen LogP contribution in [0.5, 0.6) is 0 Å². The lowest BCUT2D eigenvalue weighted by molar-refractivity contribution is 0.496. The van der Waals surface area contributed by atoms with Crippen molar-refractivity contribution in [2.75, 3.05) is 25.9 Å². The summed E-state index contributed by atoms with van der Waals surface area (Å²) in [6.45, 7) is 4.71. The van der Waals surface area contributed by atoms with Gasteiger partial charge in [-0.1, -0.05) is 6.08 Å². The molecule has 0 heterocycles. The summed E-state index contributed by atoms with van der Waals surface area (Å²) in [6, 6.07) is 0.651. The molecule has 0 unspecified atom stereocenters. The van der Waals surface area contributed by atoms with E-state index in [-0.39, 0.29) is 5.75 Å². The second-order valence-corrected chi connectivity index (χ2v) is 6.16. The highest BCUT2D eigenvalue weighted by Gasteiger charge is 2.20. The van der Waals surface area contributed by atoms with Gasteiger partial charge in [0.15, 0.2) is 0 Å². The molecule has 0 aliphatic heterocycles. The van der Waals surface area contributed by atoms with Crippen LogP contribution in [-0.4, -0.2) is 44.7 Å². The molecule has 15 heavy (non-hydrogen) atoms. The molecule has 0 atom stereocenters. The molecule has 5 heteroatoms. The van der Waals surface area contributed by atoms with Crippen LogP contribution >= 0.6 is 0 Å². The minimum atomic E-state index is -3.08. The molecule has 1 rings (SSSR count). The standard InChI is InChI=1S/C10H20N2O2S/c1-3-8-12(2)15(13,14)9-4-7-11-10-5-6-10/h3,10-11H,1,4-9H2,2H3. The van der Waals surface area contributed by atoms with Crippen molar-refractivity contribution < 1.29 is 8.42 Å². The van der Waals surface area contributed by atoms with Crippen molar-refractivity contribution in [3.8, 4) is 0 Å². The molecular weight excluding hydrogens is 212 g/mol. The molecule has 0 saturated heterocycles. The first-order chi connectivity index (χ1) is 7.06. The van der Waals surface area contributed by atoms with E-state index in [0.717, 1.165) is 6.54 Å². The van der Waals surface area contributed by atoms with Gasteiger partial charge in [-0.3, -0.25) is 0 Å². The van der Waals surface area contributed by atoms with Gasteiger partial charge < -0.3 is 5.32 Å². The van der Waals surface area contributed by atoms with Crippen LogP contribution in [0, 0.1) is 0 Å². The van der Waals surface area contributed by atoms with E-state index < -0.39 is 10.0 Å². The smallest absolute Gasteiger partial charge is 0.214 e. The monoisotopic (exact) mass is 232 g/mol. The van der Waals surface area contributed by atoms with E-state index in [9.17, 15) is 8.42 Å². The average Bonchev–Trinajstić information content (AvgIpc) is 2.96. The molecule has 4 nitrogen and oxygen atoms in total. The summed E-state index contributed by atoms with van der Waals surface area (Å²) < 4.78 is 24.6. The number of nitrogens with one attached hydrogen (secondary N) is 1. The van der Waals surface area contributed by atoms with Crippen molar-refractivity contribution in [3.05, 3.63) is 12.7 Å². The van der Waals surface area contributed by atoms with Gasteiger partial charge in [0, 0.05) is 19.6 Å². The Kier molecular flexibility index (Phi) is 4.76. The van der Waals surface area contributed by atoms with E-state index in [1.165, 1.54) is 17.1 Å². The Labute approximate surface area is 92.4 Å². The highest BCUT2D eigenvalue weighted by Crippen LogP contribution is 2.18. The van der Waals surface area contributed by atoms with Gasteiger partial charge in [0.1, 0.15) is 0 Å². The zero-order chi connectivity index (χ0) is 11.3. The Morgan fingerprint density at radius 1 is 1.53 bits per heavy atom. The van der Waals surface area contributed by atoms with E-state index in [1.807, 2.05) is 0 Å². The van der Waals surface area contributed by atoms with Gasteiger partial charge in [0.2, 0.25) is 10.0 Å². The van der Waals surface area contributed by atoms with Crippen LogP contribution in [0.2, 0.25) is 0 Å². The molecule has 1 N–H and O–H groups in total. The molecule has 0 aromatic rings. The van der Waals surface area contributed by atoms with E-state index >= 15 is 0 Å². The van der Waals surface area contributed by atoms with Gasteiger partial charge in [0.25, 0.3) is 0 Å². The van der Waals surface area contributed by atoms with E-state index in [1.54, 1.807) is 13.1 Å². The number of hydrogen-bond acceptors (Lipinski definition) is 3. The quantitative estimate of drug-likeness (QED) is 0.492. The van der Waals surface area contributed by atoms with Crippen molar-refractivity contribution in [1.29, 1.82) is 0 Å². The third-order valence-corrected chi connectivity index (χ3v) is 4.35. The third-order valence-electron chi connectivity index (χ3n) is 2.45. The zero-order valence-corrected chi connectivity index (χ0v) is 10.1. The predicted molar refractivity (Wildman–Crippen MR) is 62.3 cm³/mol. The van der Waals surface area contributed by atoms with Gasteiger partial charge >= 0.3 is 0 Å². The molecule has 0 bridgehead atoms. The Morgan fingerprint density at radius 3 is 2.73 bits per heavy atom. The molecule has 1 fully saturated rings. The van der Waals surface area contributed by atoms with Gasteiger partial charge in [0.05, 0.1) is 5.75 Å². The lowest BCUT2D eigenvalue weighted by Crippen LogP contribution is -2.31. The molecule has 0 radical (unpaired) electrons. The molecule has 1 aliphatic carbocycles. The van der Waals surface area contributed by atoms with Gasteiger partial charge in [-0.25, -0.2) is 12.7 Å². The molecule has 0 spiro atoms. The molecule has 0 aromatic heterocycles. The SMILES string of the molecule is C=CCN(C)S(=O)(=O)CCCNC1CC1. The first-order valence-corrected chi connectivity index (χ1v) is 6.95. The molecular formula is C10H20N2O2S. The topological polar surface area (TPSA) is 49.4 Å². The molecule has 1 aliphatic rings. The predicted octanol–water partition coefficient (Wildman–Crippen LogP) is 0.576. The minimum absolute atomic E-state index is 0.219. The minimum Gasteiger partial charge on any atom is -0.314 e. The normalized spacial score (nSPS) is 16.9. The number of sulfonamides is 1. The Morgan fingerprint density at radius 2 is 2.20 bits per heavy atom. The highest BCUT2D eigenvalue weighted by atomic mass is 32.2. The Bertz CT molecular complexity index is 297. The fourth-order valence-electron chi connectivity index (χ4n) is 1.30. The van der Waals surface area contributed by atoms with Gasteiger partial charge in [-0.2, -0.15) is 0 Å². The van der Waals surface area contributed by atoms with E-state index in [2.05, 4.69) is 11.9 Å². The average molecular weight is 232 g/mol. The molecule has 0 aromatic carbocycles. The maximum atomic E-state index is 11.6. The summed E-state index contributed by atoms with van der Waals surface area (Å²) >= 11 is 0. The lowest BCUT2D eigenvalue weighted by Gasteiger charge is -2.14. The van der Waals surface area contributed by atoms with Gasteiger partial charge in [-0.15, -0.1) is 6.58 Å². The van der Waals surface area contributed by atoms with Crippen molar-refractivity contribution in [1.82, 2.24) is 9.62 Å². The fourth-order valence-corrected chi connectivity index (χ4v) is 2.45. The van der Waals surface area contributed by atoms with Crippen molar-refractivity contribution >= 4 is 10.0 Å². The summed E-state index contributed by atoms with van der Waals surface area (Å²) in [5.74, 6) is 0.219. The van der Waals surface area contributed by atoms with Crippen molar-refractivity contribution in [2.45, 2.75) is 25.3 Å². The Hall–Kier alpha value is -0.390. The van der Waals surface area contributed by atoms with Crippen LogP contribution < -0.4 is 5.32 Å². The largest absolute Gasteiger partial charge is 0.314 e.